The lowest BCUT2D eigenvalue weighted by Gasteiger charge is -2.30. The monoisotopic (exact) mass is 194 g/mol. The number of aryl methyl sites for hydroxylation is 1. The average molecular weight is 194 g/mol. The molecule has 0 radical (unpaired) electrons. The minimum atomic E-state index is -0.442. The molecule has 4 rings (SSSR count). The summed E-state index contributed by atoms with van der Waals surface area (Å²) in [5, 5.41) is 12.6. The zero-order valence-electron chi connectivity index (χ0n) is 7.79. The van der Waals surface area contributed by atoms with Crippen LogP contribution in [-0.4, -0.2) is 5.11 Å². The Kier molecular flexibility index (Phi) is 1.46. The van der Waals surface area contributed by atoms with Crippen molar-refractivity contribution >= 4 is 11.3 Å². The Bertz CT molecular complexity index is 338. The van der Waals surface area contributed by atoms with E-state index in [1.807, 2.05) is 0 Å². The fraction of sp³-hybridized carbons (Fsp3) is 0.636. The van der Waals surface area contributed by atoms with Crippen molar-refractivity contribution in [2.45, 2.75) is 31.8 Å². The van der Waals surface area contributed by atoms with E-state index in [9.17, 15) is 5.11 Å². The summed E-state index contributed by atoms with van der Waals surface area (Å²) in [5.74, 6) is 1.38. The molecule has 3 fully saturated rings. The van der Waals surface area contributed by atoms with Crippen molar-refractivity contribution in [2.75, 3.05) is 0 Å². The van der Waals surface area contributed by atoms with Gasteiger partial charge in [-0.05, 0) is 55.0 Å². The van der Waals surface area contributed by atoms with Crippen LogP contribution in [0.15, 0.2) is 11.4 Å². The van der Waals surface area contributed by atoms with E-state index in [0.717, 1.165) is 12.3 Å². The number of thiophene rings is 1. The summed E-state index contributed by atoms with van der Waals surface area (Å²) >= 11 is 1.73. The van der Waals surface area contributed by atoms with E-state index in [4.69, 9.17) is 0 Å². The molecule has 2 heteroatoms. The molecule has 0 aromatic carbocycles. The first kappa shape index (κ1) is 8.01. The second-order valence-corrected chi connectivity index (χ2v) is 5.51. The third kappa shape index (κ3) is 0.906. The van der Waals surface area contributed by atoms with Gasteiger partial charge in [-0.15, -0.1) is 11.3 Å². The van der Waals surface area contributed by atoms with Crippen LogP contribution in [0.3, 0.4) is 0 Å². The second-order valence-electron chi connectivity index (χ2n) is 4.60. The van der Waals surface area contributed by atoms with Crippen LogP contribution in [0.2, 0.25) is 0 Å². The van der Waals surface area contributed by atoms with Crippen molar-refractivity contribution in [2.24, 2.45) is 11.8 Å². The van der Waals surface area contributed by atoms with Crippen molar-refractivity contribution in [1.29, 1.82) is 0 Å². The molecule has 1 atom stereocenters. The first-order valence-corrected chi connectivity index (χ1v) is 5.85. The van der Waals surface area contributed by atoms with Crippen LogP contribution in [-0.2, 0) is 5.60 Å². The Hall–Kier alpha value is -0.340. The van der Waals surface area contributed by atoms with Gasteiger partial charge in [0.2, 0.25) is 0 Å². The van der Waals surface area contributed by atoms with Crippen molar-refractivity contribution in [1.82, 2.24) is 0 Å². The summed E-state index contributed by atoms with van der Waals surface area (Å²) in [4.78, 5) is 1.23. The predicted octanol–water partition coefficient (Wildman–Crippen LogP) is 2.67. The lowest BCUT2D eigenvalue weighted by atomic mass is 9.80. The van der Waals surface area contributed by atoms with Crippen LogP contribution >= 0.6 is 11.3 Å². The third-order valence-corrected chi connectivity index (χ3v) is 4.95. The van der Waals surface area contributed by atoms with Crippen LogP contribution in [0.5, 0.6) is 0 Å². The normalized spacial score (nSPS) is 42.0. The molecule has 0 amide bonds. The molecule has 3 saturated carbocycles. The molecule has 1 N–H and O–H groups in total. The molecular formula is C11H14OS. The summed E-state index contributed by atoms with van der Waals surface area (Å²) in [6.07, 6.45) is 3.53. The van der Waals surface area contributed by atoms with Crippen LogP contribution in [0.1, 0.15) is 29.7 Å². The van der Waals surface area contributed by atoms with Gasteiger partial charge in [0.15, 0.2) is 0 Å². The molecule has 0 aliphatic heterocycles. The maximum absolute atomic E-state index is 10.6. The molecule has 3 aliphatic rings. The summed E-state index contributed by atoms with van der Waals surface area (Å²) in [7, 11) is 0. The van der Waals surface area contributed by atoms with Crippen molar-refractivity contribution in [3.63, 3.8) is 0 Å². The highest BCUT2D eigenvalue weighted by Gasteiger charge is 2.56. The lowest BCUT2D eigenvalue weighted by Crippen LogP contribution is -2.28. The van der Waals surface area contributed by atoms with E-state index in [2.05, 4.69) is 18.4 Å². The van der Waals surface area contributed by atoms with E-state index in [-0.39, 0.29) is 0 Å². The Morgan fingerprint density at radius 2 is 2.31 bits per heavy atom. The molecule has 13 heavy (non-hydrogen) atoms. The zero-order valence-corrected chi connectivity index (χ0v) is 8.60. The van der Waals surface area contributed by atoms with Gasteiger partial charge in [-0.25, -0.2) is 0 Å². The molecular weight excluding hydrogens is 180 g/mol. The first-order valence-electron chi connectivity index (χ1n) is 4.97. The Balaban J connectivity index is 2.05. The van der Waals surface area contributed by atoms with Crippen LogP contribution in [0, 0.1) is 18.8 Å². The molecule has 0 saturated heterocycles. The number of hydrogen-bond acceptors (Lipinski definition) is 2. The zero-order chi connectivity index (χ0) is 9.05. The fourth-order valence-electron chi connectivity index (χ4n) is 2.99. The van der Waals surface area contributed by atoms with E-state index < -0.39 is 5.60 Å². The van der Waals surface area contributed by atoms with Gasteiger partial charge >= 0.3 is 0 Å². The van der Waals surface area contributed by atoms with E-state index in [0.29, 0.717) is 5.92 Å². The number of hydrogen-bond donors (Lipinski definition) is 1. The van der Waals surface area contributed by atoms with Gasteiger partial charge in [-0.3, -0.25) is 0 Å². The fourth-order valence-corrected chi connectivity index (χ4v) is 4.11. The highest BCUT2D eigenvalue weighted by Crippen LogP contribution is 2.60. The van der Waals surface area contributed by atoms with Gasteiger partial charge in [0.25, 0.3) is 0 Å². The molecule has 1 heterocycles. The second kappa shape index (κ2) is 2.37. The van der Waals surface area contributed by atoms with E-state index in [1.54, 1.807) is 11.3 Å². The largest absolute Gasteiger partial charge is 0.384 e. The number of fused-ring (bicyclic) bond motifs is 1. The molecule has 1 aromatic heterocycles. The summed E-state index contributed by atoms with van der Waals surface area (Å²) in [6, 6.07) is 2.12. The van der Waals surface area contributed by atoms with Crippen molar-refractivity contribution < 1.29 is 5.11 Å². The Morgan fingerprint density at radius 3 is 2.77 bits per heavy atom. The molecule has 70 valence electrons. The summed E-state index contributed by atoms with van der Waals surface area (Å²) in [5.41, 5.74) is 0.836. The Morgan fingerprint density at radius 1 is 1.54 bits per heavy atom. The highest BCUT2D eigenvalue weighted by molar-refractivity contribution is 7.10. The highest BCUT2D eigenvalue weighted by atomic mass is 32.1. The number of rotatable bonds is 1. The molecule has 2 bridgehead atoms. The Labute approximate surface area is 82.4 Å². The van der Waals surface area contributed by atoms with Gasteiger partial charge in [-0.1, -0.05) is 0 Å². The van der Waals surface area contributed by atoms with E-state index in [1.165, 1.54) is 23.3 Å². The van der Waals surface area contributed by atoms with Gasteiger partial charge in [0.1, 0.15) is 5.60 Å². The predicted molar refractivity (Wildman–Crippen MR) is 53.8 cm³/mol. The minimum Gasteiger partial charge on any atom is -0.384 e. The molecule has 0 spiro atoms. The molecule has 3 aliphatic carbocycles. The number of aliphatic hydroxyl groups is 1. The maximum Gasteiger partial charge on any atom is 0.102 e. The van der Waals surface area contributed by atoms with Crippen LogP contribution in [0.25, 0.3) is 0 Å². The van der Waals surface area contributed by atoms with Gasteiger partial charge in [-0.2, -0.15) is 0 Å². The third-order valence-electron chi connectivity index (χ3n) is 3.77. The molecule has 1 aromatic rings. The van der Waals surface area contributed by atoms with Gasteiger partial charge in [0, 0.05) is 4.88 Å². The van der Waals surface area contributed by atoms with Crippen LogP contribution < -0.4 is 0 Å². The van der Waals surface area contributed by atoms with Crippen LogP contribution in [0.4, 0.5) is 0 Å². The summed E-state index contributed by atoms with van der Waals surface area (Å²) in [6.45, 7) is 2.11. The summed E-state index contributed by atoms with van der Waals surface area (Å²) < 4.78 is 0. The quantitative estimate of drug-likeness (QED) is 0.728. The van der Waals surface area contributed by atoms with E-state index >= 15 is 0 Å². The van der Waals surface area contributed by atoms with Crippen molar-refractivity contribution in [3.05, 3.63) is 21.9 Å². The minimum absolute atomic E-state index is 0.442. The average Bonchev–Trinajstić information content (AvgIpc) is 2.59. The molecule has 1 nitrogen and oxygen atoms in total. The van der Waals surface area contributed by atoms with Gasteiger partial charge < -0.3 is 5.11 Å². The maximum atomic E-state index is 10.6. The standard InChI is InChI=1S/C11H14OS/c1-7-2-3-13-10(7)11(12)6-8-4-9(11)5-8/h2-3,8-9,12H,4-6H2,1H3. The van der Waals surface area contributed by atoms with Gasteiger partial charge in [0.05, 0.1) is 0 Å². The molecule has 1 unspecified atom stereocenters. The topological polar surface area (TPSA) is 20.2 Å². The van der Waals surface area contributed by atoms with Crippen molar-refractivity contribution in [3.8, 4) is 0 Å². The smallest absolute Gasteiger partial charge is 0.102 e. The first-order chi connectivity index (χ1) is 6.20. The lowest BCUT2D eigenvalue weighted by molar-refractivity contribution is 0.00895. The SMILES string of the molecule is Cc1ccsc1C1(O)CC2CC1C2.